The molecule has 1 spiro atoms. The number of likely N-dealkylation sites (tertiary alicyclic amines) is 1. The van der Waals surface area contributed by atoms with E-state index in [1.807, 2.05) is 4.90 Å². The zero-order chi connectivity index (χ0) is 19.6. The number of aryl methyl sites for hydroxylation is 1. The standard InChI is InChI=1S/C21H26FN3O3/c1-15-23-19(24-28-15)12-17-6-11-27-21(14-17)7-9-25(10-8-21)20(26)13-16-2-4-18(22)5-3-16/h2-5,17H,6-14H2,1H3. The lowest BCUT2D eigenvalue weighted by molar-refractivity contribution is -0.146. The molecule has 1 aromatic carbocycles. The fourth-order valence-corrected chi connectivity index (χ4v) is 4.39. The lowest BCUT2D eigenvalue weighted by Crippen LogP contribution is -2.51. The lowest BCUT2D eigenvalue weighted by Gasteiger charge is -2.46. The van der Waals surface area contributed by atoms with Crippen molar-refractivity contribution in [3.8, 4) is 0 Å². The van der Waals surface area contributed by atoms with Gasteiger partial charge >= 0.3 is 0 Å². The lowest BCUT2D eigenvalue weighted by atomic mass is 9.78. The highest BCUT2D eigenvalue weighted by atomic mass is 19.1. The van der Waals surface area contributed by atoms with E-state index < -0.39 is 0 Å². The molecular weight excluding hydrogens is 361 g/mol. The largest absolute Gasteiger partial charge is 0.375 e. The highest BCUT2D eigenvalue weighted by molar-refractivity contribution is 5.78. The van der Waals surface area contributed by atoms with Crippen LogP contribution in [0.25, 0.3) is 0 Å². The minimum absolute atomic E-state index is 0.0936. The van der Waals surface area contributed by atoms with E-state index in [-0.39, 0.29) is 17.3 Å². The summed E-state index contributed by atoms with van der Waals surface area (Å²) >= 11 is 0. The molecule has 1 aromatic heterocycles. The molecule has 150 valence electrons. The number of nitrogens with zero attached hydrogens (tertiary/aromatic N) is 3. The molecule has 7 heteroatoms. The van der Waals surface area contributed by atoms with Gasteiger partial charge in [-0.3, -0.25) is 4.79 Å². The first kappa shape index (κ1) is 19.1. The van der Waals surface area contributed by atoms with E-state index in [0.29, 0.717) is 31.3 Å². The molecule has 2 saturated heterocycles. The molecule has 2 aliphatic heterocycles. The first-order valence-electron chi connectivity index (χ1n) is 9.97. The van der Waals surface area contributed by atoms with Crippen molar-refractivity contribution in [2.75, 3.05) is 19.7 Å². The predicted octanol–water partition coefficient (Wildman–Crippen LogP) is 3.09. The number of rotatable bonds is 4. The average molecular weight is 387 g/mol. The van der Waals surface area contributed by atoms with Gasteiger partial charge in [-0.05, 0) is 49.3 Å². The molecule has 2 aliphatic rings. The van der Waals surface area contributed by atoms with Crippen molar-refractivity contribution < 1.29 is 18.4 Å². The Labute approximate surface area is 164 Å². The van der Waals surface area contributed by atoms with Crippen molar-refractivity contribution in [2.24, 2.45) is 5.92 Å². The van der Waals surface area contributed by atoms with Gasteiger partial charge in [0.1, 0.15) is 5.82 Å². The van der Waals surface area contributed by atoms with Crippen LogP contribution in [0.4, 0.5) is 4.39 Å². The molecule has 28 heavy (non-hydrogen) atoms. The summed E-state index contributed by atoms with van der Waals surface area (Å²) in [6.45, 7) is 3.95. The van der Waals surface area contributed by atoms with Gasteiger partial charge in [0.15, 0.2) is 5.82 Å². The zero-order valence-corrected chi connectivity index (χ0v) is 16.2. The van der Waals surface area contributed by atoms with Gasteiger partial charge in [-0.2, -0.15) is 4.98 Å². The van der Waals surface area contributed by atoms with Crippen LogP contribution in [-0.2, 0) is 22.4 Å². The number of hydrogen-bond donors (Lipinski definition) is 0. The van der Waals surface area contributed by atoms with Gasteiger partial charge in [-0.15, -0.1) is 0 Å². The van der Waals surface area contributed by atoms with Crippen molar-refractivity contribution in [1.82, 2.24) is 15.0 Å². The second-order valence-electron chi connectivity index (χ2n) is 8.01. The van der Waals surface area contributed by atoms with Crippen molar-refractivity contribution in [2.45, 2.75) is 51.0 Å². The van der Waals surface area contributed by atoms with Gasteiger partial charge < -0.3 is 14.2 Å². The first-order chi connectivity index (χ1) is 13.5. The number of carbonyl (C=O) groups is 1. The minimum Gasteiger partial charge on any atom is -0.375 e. The summed E-state index contributed by atoms with van der Waals surface area (Å²) in [6.07, 6.45) is 4.81. The fourth-order valence-electron chi connectivity index (χ4n) is 4.39. The highest BCUT2D eigenvalue weighted by Crippen LogP contribution is 2.38. The number of halogens is 1. The average Bonchev–Trinajstić information content (AvgIpc) is 3.09. The van der Waals surface area contributed by atoms with Gasteiger partial charge in [0, 0.05) is 33.0 Å². The van der Waals surface area contributed by atoms with E-state index in [2.05, 4.69) is 10.1 Å². The number of aromatic nitrogens is 2. The Morgan fingerprint density at radius 1 is 1.29 bits per heavy atom. The number of ether oxygens (including phenoxy) is 1. The van der Waals surface area contributed by atoms with Gasteiger partial charge in [0.05, 0.1) is 12.0 Å². The molecule has 0 saturated carbocycles. The summed E-state index contributed by atoms with van der Waals surface area (Å²) in [6, 6.07) is 6.14. The van der Waals surface area contributed by atoms with Crippen LogP contribution in [0.5, 0.6) is 0 Å². The molecule has 0 radical (unpaired) electrons. The molecule has 1 atom stereocenters. The van der Waals surface area contributed by atoms with E-state index in [9.17, 15) is 9.18 Å². The summed E-state index contributed by atoms with van der Waals surface area (Å²) in [5.41, 5.74) is 0.699. The molecule has 0 N–H and O–H groups in total. The molecule has 1 amide bonds. The van der Waals surface area contributed by atoms with Crippen molar-refractivity contribution >= 4 is 5.91 Å². The third-order valence-corrected chi connectivity index (χ3v) is 5.93. The Bertz CT molecular complexity index is 813. The topological polar surface area (TPSA) is 68.5 Å². The normalized spacial score (nSPS) is 21.8. The monoisotopic (exact) mass is 387 g/mol. The molecule has 6 nitrogen and oxygen atoms in total. The Morgan fingerprint density at radius 2 is 2.04 bits per heavy atom. The summed E-state index contributed by atoms with van der Waals surface area (Å²) in [5, 5.41) is 4.02. The smallest absolute Gasteiger partial charge is 0.226 e. The third-order valence-electron chi connectivity index (χ3n) is 5.93. The Hall–Kier alpha value is -2.28. The molecule has 0 bridgehead atoms. The second kappa shape index (κ2) is 7.99. The van der Waals surface area contributed by atoms with Crippen LogP contribution >= 0.6 is 0 Å². The SMILES string of the molecule is Cc1nc(CC2CCOC3(CCN(C(=O)Cc4ccc(F)cc4)CC3)C2)no1. The summed E-state index contributed by atoms with van der Waals surface area (Å²) in [5.74, 6) is 1.66. The van der Waals surface area contributed by atoms with Crippen LogP contribution in [0.1, 0.15) is 43.0 Å². The summed E-state index contributed by atoms with van der Waals surface area (Å²) in [7, 11) is 0. The van der Waals surface area contributed by atoms with Crippen LogP contribution < -0.4 is 0 Å². The maximum atomic E-state index is 13.0. The summed E-state index contributed by atoms with van der Waals surface area (Å²) in [4.78, 5) is 18.8. The van der Waals surface area contributed by atoms with E-state index in [0.717, 1.165) is 50.1 Å². The van der Waals surface area contributed by atoms with Crippen LogP contribution in [0.15, 0.2) is 28.8 Å². The van der Waals surface area contributed by atoms with Crippen LogP contribution in [-0.4, -0.2) is 46.2 Å². The van der Waals surface area contributed by atoms with E-state index in [4.69, 9.17) is 9.26 Å². The van der Waals surface area contributed by atoms with Crippen LogP contribution in [0.3, 0.4) is 0 Å². The van der Waals surface area contributed by atoms with Gasteiger partial charge in [0.25, 0.3) is 0 Å². The number of hydrogen-bond acceptors (Lipinski definition) is 5. The van der Waals surface area contributed by atoms with Gasteiger partial charge in [-0.25, -0.2) is 4.39 Å². The van der Waals surface area contributed by atoms with Gasteiger partial charge in [0.2, 0.25) is 11.8 Å². The Balaban J connectivity index is 1.31. The van der Waals surface area contributed by atoms with Gasteiger partial charge in [-0.1, -0.05) is 17.3 Å². The van der Waals surface area contributed by atoms with E-state index >= 15 is 0 Å². The van der Waals surface area contributed by atoms with Crippen molar-refractivity contribution in [3.05, 3.63) is 47.4 Å². The number of piperidine rings is 1. The van der Waals surface area contributed by atoms with E-state index in [1.165, 1.54) is 12.1 Å². The number of amides is 1. The minimum atomic E-state index is -0.281. The Kier molecular flexibility index (Phi) is 5.44. The third kappa shape index (κ3) is 4.41. The number of benzene rings is 1. The molecule has 4 rings (SSSR count). The number of carbonyl (C=O) groups excluding carboxylic acids is 1. The summed E-state index contributed by atoms with van der Waals surface area (Å²) < 4.78 is 24.3. The molecule has 2 aromatic rings. The molecule has 0 aliphatic carbocycles. The first-order valence-corrected chi connectivity index (χ1v) is 9.97. The van der Waals surface area contributed by atoms with Crippen LogP contribution in [0.2, 0.25) is 0 Å². The molecule has 2 fully saturated rings. The highest BCUT2D eigenvalue weighted by Gasteiger charge is 2.41. The Morgan fingerprint density at radius 3 is 2.71 bits per heavy atom. The molecule has 1 unspecified atom stereocenters. The quantitative estimate of drug-likeness (QED) is 0.806. The fraction of sp³-hybridized carbons (Fsp3) is 0.571. The maximum Gasteiger partial charge on any atom is 0.226 e. The van der Waals surface area contributed by atoms with Crippen molar-refractivity contribution in [1.29, 1.82) is 0 Å². The predicted molar refractivity (Wildman–Crippen MR) is 100 cm³/mol. The maximum absolute atomic E-state index is 13.0. The molecule has 3 heterocycles. The van der Waals surface area contributed by atoms with E-state index in [1.54, 1.807) is 19.1 Å². The van der Waals surface area contributed by atoms with Crippen LogP contribution in [0, 0.1) is 18.7 Å². The van der Waals surface area contributed by atoms with Crippen molar-refractivity contribution in [3.63, 3.8) is 0 Å². The zero-order valence-electron chi connectivity index (χ0n) is 16.2. The molecular formula is C21H26FN3O3. The second-order valence-corrected chi connectivity index (χ2v) is 8.01.